The summed E-state index contributed by atoms with van der Waals surface area (Å²) in [6.45, 7) is 2.07. The highest BCUT2D eigenvalue weighted by Gasteiger charge is 2.15. The average molecular weight is 366 g/mol. The summed E-state index contributed by atoms with van der Waals surface area (Å²) in [4.78, 5) is 26.5. The molecule has 0 spiro atoms. The Balaban J connectivity index is 1.56. The van der Waals surface area contributed by atoms with E-state index in [4.69, 9.17) is 5.73 Å². The molecule has 0 aromatic heterocycles. The van der Waals surface area contributed by atoms with E-state index in [-0.39, 0.29) is 11.9 Å². The number of amides is 3. The topological polar surface area (TPSA) is 87.5 Å². The Labute approximate surface area is 159 Å². The summed E-state index contributed by atoms with van der Waals surface area (Å²) >= 11 is 0. The van der Waals surface area contributed by atoms with Crippen molar-refractivity contribution in [2.24, 2.45) is 5.73 Å². The average Bonchev–Trinajstić information content (AvgIpc) is 2.99. The molecule has 0 unspecified atom stereocenters. The number of hydrogen-bond acceptors (Lipinski definition) is 3. The molecule has 3 rings (SSSR count). The van der Waals surface area contributed by atoms with Crippen LogP contribution in [0, 0.1) is 0 Å². The van der Waals surface area contributed by atoms with Gasteiger partial charge in [0.15, 0.2) is 0 Å². The lowest BCUT2D eigenvalue weighted by atomic mass is 10.1. The van der Waals surface area contributed by atoms with Crippen molar-refractivity contribution in [1.82, 2.24) is 4.90 Å². The van der Waals surface area contributed by atoms with Gasteiger partial charge >= 0.3 is 6.03 Å². The van der Waals surface area contributed by atoms with Gasteiger partial charge in [-0.3, -0.25) is 4.79 Å². The van der Waals surface area contributed by atoms with Crippen LogP contribution in [0.3, 0.4) is 0 Å². The number of likely N-dealkylation sites (tertiary alicyclic amines) is 1. The molecule has 0 saturated carbocycles. The van der Waals surface area contributed by atoms with Crippen LogP contribution in [0.25, 0.3) is 0 Å². The van der Waals surface area contributed by atoms with E-state index >= 15 is 0 Å². The summed E-state index contributed by atoms with van der Waals surface area (Å²) < 4.78 is 0. The second kappa shape index (κ2) is 9.19. The van der Waals surface area contributed by atoms with Gasteiger partial charge in [0, 0.05) is 36.6 Å². The van der Waals surface area contributed by atoms with Crippen LogP contribution in [-0.4, -0.2) is 29.9 Å². The molecule has 0 atom stereocenters. The van der Waals surface area contributed by atoms with Crippen LogP contribution in [0.2, 0.25) is 0 Å². The number of rotatable bonds is 4. The Kier molecular flexibility index (Phi) is 6.44. The fourth-order valence-electron chi connectivity index (χ4n) is 3.11. The molecular formula is C21H26N4O2. The van der Waals surface area contributed by atoms with E-state index in [0.717, 1.165) is 37.2 Å². The molecule has 1 fully saturated rings. The van der Waals surface area contributed by atoms with Gasteiger partial charge in [-0.05, 0) is 54.8 Å². The maximum atomic E-state index is 12.4. The van der Waals surface area contributed by atoms with Gasteiger partial charge in [0.1, 0.15) is 0 Å². The van der Waals surface area contributed by atoms with Crippen molar-refractivity contribution in [3.8, 4) is 0 Å². The number of hydrogen-bond donors (Lipinski definition) is 3. The van der Waals surface area contributed by atoms with Gasteiger partial charge in [0.25, 0.3) is 5.91 Å². The lowest BCUT2D eigenvalue weighted by Crippen LogP contribution is -2.35. The number of urea groups is 1. The van der Waals surface area contributed by atoms with Crippen molar-refractivity contribution in [3.63, 3.8) is 0 Å². The molecule has 6 nitrogen and oxygen atoms in total. The third kappa shape index (κ3) is 5.31. The molecule has 27 heavy (non-hydrogen) atoms. The number of carbonyl (C=O) groups is 2. The number of nitrogens with zero attached hydrogens (tertiary/aromatic N) is 1. The summed E-state index contributed by atoms with van der Waals surface area (Å²) in [5.41, 5.74) is 8.52. The van der Waals surface area contributed by atoms with Crippen LogP contribution in [0.4, 0.5) is 16.2 Å². The fraction of sp³-hybridized carbons (Fsp3) is 0.333. The minimum absolute atomic E-state index is 0.0614. The Morgan fingerprint density at radius 1 is 0.815 bits per heavy atom. The summed E-state index contributed by atoms with van der Waals surface area (Å²) in [5, 5.41) is 5.78. The van der Waals surface area contributed by atoms with Crippen LogP contribution in [0.1, 0.15) is 41.6 Å². The van der Waals surface area contributed by atoms with Crippen molar-refractivity contribution in [2.45, 2.75) is 32.2 Å². The molecule has 0 radical (unpaired) electrons. The number of anilines is 2. The molecule has 142 valence electrons. The zero-order valence-electron chi connectivity index (χ0n) is 15.4. The van der Waals surface area contributed by atoms with Crippen molar-refractivity contribution in [3.05, 3.63) is 59.7 Å². The van der Waals surface area contributed by atoms with Crippen molar-refractivity contribution < 1.29 is 9.59 Å². The quantitative estimate of drug-likeness (QED) is 0.769. The first-order valence-corrected chi connectivity index (χ1v) is 9.42. The normalized spacial score (nSPS) is 14.3. The predicted molar refractivity (Wildman–Crippen MR) is 108 cm³/mol. The highest BCUT2D eigenvalue weighted by Crippen LogP contribution is 2.17. The lowest BCUT2D eigenvalue weighted by Gasteiger charge is -2.20. The molecule has 6 heteroatoms. The lowest BCUT2D eigenvalue weighted by molar-refractivity contribution is 0.102. The third-order valence-corrected chi connectivity index (χ3v) is 4.74. The minimum atomic E-state index is -0.181. The van der Waals surface area contributed by atoms with Crippen LogP contribution in [0.15, 0.2) is 48.5 Å². The van der Waals surface area contributed by atoms with E-state index in [1.54, 1.807) is 36.4 Å². The maximum Gasteiger partial charge on any atom is 0.321 e. The standard InChI is InChI=1S/C21H26N4O2/c22-15-16-5-7-17(8-6-16)20(26)23-18-9-11-19(12-10-18)24-21(27)25-13-3-1-2-4-14-25/h5-12H,1-4,13-15,22H2,(H,23,26)(H,24,27). The monoisotopic (exact) mass is 366 g/mol. The van der Waals surface area contributed by atoms with Crippen LogP contribution in [0.5, 0.6) is 0 Å². The Morgan fingerprint density at radius 3 is 1.93 bits per heavy atom. The predicted octanol–water partition coefficient (Wildman–Crippen LogP) is 3.81. The largest absolute Gasteiger partial charge is 0.326 e. The summed E-state index contributed by atoms with van der Waals surface area (Å²) in [7, 11) is 0. The molecule has 2 aromatic carbocycles. The van der Waals surface area contributed by atoms with Gasteiger partial charge in [0.05, 0.1) is 0 Å². The molecule has 3 amide bonds. The zero-order valence-corrected chi connectivity index (χ0v) is 15.4. The van der Waals surface area contributed by atoms with Crippen molar-refractivity contribution in [1.29, 1.82) is 0 Å². The molecule has 1 aliphatic rings. The molecule has 4 N–H and O–H groups in total. The SMILES string of the molecule is NCc1ccc(C(=O)Nc2ccc(NC(=O)N3CCCCCC3)cc2)cc1. The fourth-order valence-corrected chi connectivity index (χ4v) is 3.11. The number of benzene rings is 2. The molecule has 0 aliphatic carbocycles. The molecule has 1 heterocycles. The number of nitrogens with one attached hydrogen (secondary N) is 2. The first-order chi connectivity index (χ1) is 13.2. The highest BCUT2D eigenvalue weighted by atomic mass is 16.2. The van der Waals surface area contributed by atoms with E-state index in [2.05, 4.69) is 10.6 Å². The third-order valence-electron chi connectivity index (χ3n) is 4.74. The van der Waals surface area contributed by atoms with E-state index in [1.165, 1.54) is 12.8 Å². The molecule has 2 aromatic rings. The Morgan fingerprint density at radius 2 is 1.37 bits per heavy atom. The second-order valence-corrected chi connectivity index (χ2v) is 6.76. The van der Waals surface area contributed by atoms with Crippen molar-refractivity contribution in [2.75, 3.05) is 23.7 Å². The van der Waals surface area contributed by atoms with Crippen LogP contribution >= 0.6 is 0 Å². The second-order valence-electron chi connectivity index (χ2n) is 6.76. The molecule has 0 bridgehead atoms. The first kappa shape index (κ1) is 18.9. The Bertz CT molecular complexity index is 764. The molecular weight excluding hydrogens is 340 g/mol. The zero-order chi connectivity index (χ0) is 19.1. The molecule has 1 aliphatic heterocycles. The van der Waals surface area contributed by atoms with E-state index in [9.17, 15) is 9.59 Å². The van der Waals surface area contributed by atoms with Gasteiger partial charge in [0.2, 0.25) is 0 Å². The van der Waals surface area contributed by atoms with Crippen LogP contribution < -0.4 is 16.4 Å². The van der Waals surface area contributed by atoms with E-state index in [1.807, 2.05) is 17.0 Å². The van der Waals surface area contributed by atoms with Crippen LogP contribution in [-0.2, 0) is 6.54 Å². The van der Waals surface area contributed by atoms with Gasteiger partial charge < -0.3 is 21.3 Å². The summed E-state index contributed by atoms with van der Waals surface area (Å²) in [6, 6.07) is 14.3. The minimum Gasteiger partial charge on any atom is -0.326 e. The van der Waals surface area contributed by atoms with Gasteiger partial charge in [-0.25, -0.2) is 4.79 Å². The molecule has 1 saturated heterocycles. The van der Waals surface area contributed by atoms with Crippen molar-refractivity contribution >= 4 is 23.3 Å². The van der Waals surface area contributed by atoms with E-state index in [0.29, 0.717) is 17.8 Å². The smallest absolute Gasteiger partial charge is 0.321 e. The van der Waals surface area contributed by atoms with Gasteiger partial charge in [-0.15, -0.1) is 0 Å². The maximum absolute atomic E-state index is 12.4. The summed E-state index contributed by atoms with van der Waals surface area (Å²) in [6.07, 6.45) is 4.50. The van der Waals surface area contributed by atoms with Gasteiger partial charge in [-0.1, -0.05) is 25.0 Å². The van der Waals surface area contributed by atoms with Gasteiger partial charge in [-0.2, -0.15) is 0 Å². The summed E-state index contributed by atoms with van der Waals surface area (Å²) in [5.74, 6) is -0.181. The number of carbonyl (C=O) groups excluding carboxylic acids is 2. The number of nitrogens with two attached hydrogens (primary N) is 1. The highest BCUT2D eigenvalue weighted by molar-refractivity contribution is 6.04. The first-order valence-electron chi connectivity index (χ1n) is 9.42. The van der Waals surface area contributed by atoms with E-state index < -0.39 is 0 Å². The Hall–Kier alpha value is -2.86.